The minimum absolute atomic E-state index is 0.388. The highest BCUT2D eigenvalue weighted by Crippen LogP contribution is 2.27. The molecule has 0 spiro atoms. The van der Waals surface area contributed by atoms with Crippen LogP contribution < -0.4 is 4.90 Å². The minimum atomic E-state index is -0.388. The Balaban J connectivity index is 2.93. The van der Waals surface area contributed by atoms with Gasteiger partial charge in [0.05, 0.1) is 6.10 Å². The van der Waals surface area contributed by atoms with Crippen LogP contribution in [0.4, 0.5) is 5.69 Å². The molecule has 0 aromatic heterocycles. The summed E-state index contributed by atoms with van der Waals surface area (Å²) in [7, 11) is 1.98. The fourth-order valence-corrected chi connectivity index (χ4v) is 1.96. The topological polar surface area (TPSA) is 23.5 Å². The molecule has 0 saturated carbocycles. The second-order valence-corrected chi connectivity index (χ2v) is 4.88. The summed E-state index contributed by atoms with van der Waals surface area (Å²) in [4.78, 5) is 2.03. The summed E-state index contributed by atoms with van der Waals surface area (Å²) in [5.41, 5.74) is 5.35. The molecule has 98 valence electrons. The summed E-state index contributed by atoms with van der Waals surface area (Å²) >= 11 is 0. The summed E-state index contributed by atoms with van der Waals surface area (Å²) in [5, 5.41) is 9.40. The zero-order valence-electron chi connectivity index (χ0n) is 11.8. The van der Waals surface area contributed by atoms with Crippen molar-refractivity contribution in [3.63, 3.8) is 0 Å². The Bertz CT molecular complexity index is 460. The Morgan fingerprint density at radius 2 is 1.94 bits per heavy atom. The molecule has 2 nitrogen and oxygen atoms in total. The number of aryl methyl sites for hydroxylation is 1. The summed E-state index contributed by atoms with van der Waals surface area (Å²) in [6, 6.07) is 6.21. The van der Waals surface area contributed by atoms with Gasteiger partial charge in [0.25, 0.3) is 0 Å². The van der Waals surface area contributed by atoms with Gasteiger partial charge >= 0.3 is 0 Å². The molecule has 1 aromatic carbocycles. The van der Waals surface area contributed by atoms with Crippen molar-refractivity contribution in [3.8, 4) is 0 Å². The second-order valence-electron chi connectivity index (χ2n) is 4.88. The number of aliphatic hydroxyl groups excluding tert-OH is 1. The molecule has 0 aliphatic carbocycles. The van der Waals surface area contributed by atoms with E-state index in [4.69, 9.17) is 0 Å². The maximum Gasteiger partial charge on any atom is 0.0553 e. The van der Waals surface area contributed by atoms with Crippen molar-refractivity contribution in [1.82, 2.24) is 0 Å². The molecule has 1 unspecified atom stereocenters. The summed E-state index contributed by atoms with van der Waals surface area (Å²) in [6.45, 7) is 14.0. The van der Waals surface area contributed by atoms with Gasteiger partial charge in [-0.3, -0.25) is 0 Å². The van der Waals surface area contributed by atoms with Crippen molar-refractivity contribution in [3.05, 3.63) is 53.8 Å². The van der Waals surface area contributed by atoms with E-state index in [-0.39, 0.29) is 6.10 Å². The van der Waals surface area contributed by atoms with E-state index in [1.165, 1.54) is 11.1 Å². The number of hydrogen-bond acceptors (Lipinski definition) is 2. The molecular weight excluding hydrogens is 222 g/mol. The number of likely N-dealkylation sites (N-methyl/N-ethyl adjacent to an activating group) is 1. The van der Waals surface area contributed by atoms with Crippen molar-refractivity contribution >= 4 is 5.69 Å². The fourth-order valence-electron chi connectivity index (χ4n) is 1.96. The fraction of sp³-hybridized carbons (Fsp3) is 0.375. The molecule has 0 bridgehead atoms. The number of anilines is 1. The molecular formula is C16H23NO. The van der Waals surface area contributed by atoms with Gasteiger partial charge in [-0.05, 0) is 50.0 Å². The Labute approximate surface area is 110 Å². The van der Waals surface area contributed by atoms with Crippen LogP contribution in [0.5, 0.6) is 0 Å². The highest BCUT2D eigenvalue weighted by molar-refractivity contribution is 5.61. The van der Waals surface area contributed by atoms with Crippen LogP contribution in [0.1, 0.15) is 24.5 Å². The Hall–Kier alpha value is -1.54. The first-order valence-electron chi connectivity index (χ1n) is 6.19. The lowest BCUT2D eigenvalue weighted by Gasteiger charge is -2.26. The molecule has 0 aliphatic heterocycles. The Morgan fingerprint density at radius 3 is 2.50 bits per heavy atom. The van der Waals surface area contributed by atoms with Gasteiger partial charge in [-0.2, -0.15) is 0 Å². The van der Waals surface area contributed by atoms with E-state index in [9.17, 15) is 5.11 Å². The third kappa shape index (κ3) is 3.23. The normalized spacial score (nSPS) is 12.1. The quantitative estimate of drug-likeness (QED) is 0.801. The van der Waals surface area contributed by atoms with Crippen LogP contribution in [0.2, 0.25) is 0 Å². The average Bonchev–Trinajstić information content (AvgIpc) is 2.30. The Kier molecular flexibility index (Phi) is 4.74. The highest BCUT2D eigenvalue weighted by atomic mass is 16.3. The molecule has 0 amide bonds. The van der Waals surface area contributed by atoms with E-state index in [0.29, 0.717) is 6.42 Å². The smallest absolute Gasteiger partial charge is 0.0553 e. The summed E-state index contributed by atoms with van der Waals surface area (Å²) < 4.78 is 0. The molecule has 2 heteroatoms. The molecule has 1 aromatic rings. The van der Waals surface area contributed by atoms with Crippen LogP contribution in [0, 0.1) is 13.8 Å². The molecule has 0 radical (unpaired) electrons. The van der Waals surface area contributed by atoms with Crippen molar-refractivity contribution < 1.29 is 5.11 Å². The van der Waals surface area contributed by atoms with Crippen LogP contribution in [0.25, 0.3) is 0 Å². The van der Waals surface area contributed by atoms with Gasteiger partial charge in [0.15, 0.2) is 0 Å². The van der Waals surface area contributed by atoms with Gasteiger partial charge in [0, 0.05) is 18.4 Å². The molecule has 0 saturated heterocycles. The largest absolute Gasteiger partial charge is 0.393 e. The molecule has 0 aliphatic rings. The Morgan fingerprint density at radius 1 is 1.33 bits per heavy atom. The maximum atomic E-state index is 9.40. The summed E-state index contributed by atoms with van der Waals surface area (Å²) in [6.07, 6.45) is 0.162. The van der Waals surface area contributed by atoms with E-state index >= 15 is 0 Å². The number of benzene rings is 1. The van der Waals surface area contributed by atoms with Crippen LogP contribution in [0.3, 0.4) is 0 Å². The number of rotatable bonds is 5. The van der Waals surface area contributed by atoms with E-state index in [0.717, 1.165) is 17.0 Å². The van der Waals surface area contributed by atoms with Crippen molar-refractivity contribution in [2.75, 3.05) is 11.9 Å². The molecule has 1 atom stereocenters. The standard InChI is InChI=1S/C16H23NO/c1-11-8-7-9-16(14(11)4)17(6)15(5)12(2)10-13(3)18/h7-9,13,18H,2,5,10H2,1,3-4,6H3. The van der Waals surface area contributed by atoms with Gasteiger partial charge in [-0.15, -0.1) is 0 Å². The second kappa shape index (κ2) is 5.87. The van der Waals surface area contributed by atoms with E-state index in [1.54, 1.807) is 6.92 Å². The third-order valence-corrected chi connectivity index (χ3v) is 3.29. The maximum absolute atomic E-state index is 9.40. The predicted molar refractivity (Wildman–Crippen MR) is 78.9 cm³/mol. The number of nitrogens with zero attached hydrogens (tertiary/aromatic N) is 1. The number of aliphatic hydroxyl groups is 1. The van der Waals surface area contributed by atoms with Gasteiger partial charge in [-0.25, -0.2) is 0 Å². The van der Waals surface area contributed by atoms with E-state index in [1.807, 2.05) is 18.0 Å². The van der Waals surface area contributed by atoms with Gasteiger partial charge < -0.3 is 10.0 Å². The number of allylic oxidation sites excluding steroid dienone is 1. The lowest BCUT2D eigenvalue weighted by molar-refractivity contribution is 0.196. The van der Waals surface area contributed by atoms with E-state index < -0.39 is 0 Å². The van der Waals surface area contributed by atoms with Crippen LogP contribution in [0.15, 0.2) is 42.6 Å². The third-order valence-electron chi connectivity index (χ3n) is 3.29. The lowest BCUT2D eigenvalue weighted by Crippen LogP contribution is -2.19. The molecule has 0 fully saturated rings. The molecule has 18 heavy (non-hydrogen) atoms. The first-order chi connectivity index (χ1) is 8.34. The molecule has 0 heterocycles. The van der Waals surface area contributed by atoms with Crippen molar-refractivity contribution in [2.45, 2.75) is 33.3 Å². The van der Waals surface area contributed by atoms with Crippen molar-refractivity contribution in [2.24, 2.45) is 0 Å². The first kappa shape index (κ1) is 14.5. The lowest BCUT2D eigenvalue weighted by atomic mass is 10.0. The average molecular weight is 245 g/mol. The minimum Gasteiger partial charge on any atom is -0.393 e. The van der Waals surface area contributed by atoms with Crippen LogP contribution in [-0.4, -0.2) is 18.3 Å². The SMILES string of the molecule is C=C(CC(C)O)C(=C)N(C)c1cccc(C)c1C. The van der Waals surface area contributed by atoms with Gasteiger partial charge in [0.1, 0.15) is 0 Å². The predicted octanol–water partition coefficient (Wildman–Crippen LogP) is 3.58. The molecule has 1 rings (SSSR count). The van der Waals surface area contributed by atoms with Crippen LogP contribution in [-0.2, 0) is 0 Å². The van der Waals surface area contributed by atoms with E-state index in [2.05, 4.69) is 39.1 Å². The molecule has 1 N–H and O–H groups in total. The van der Waals surface area contributed by atoms with Crippen LogP contribution >= 0.6 is 0 Å². The van der Waals surface area contributed by atoms with Gasteiger partial charge in [0.2, 0.25) is 0 Å². The number of hydrogen-bond donors (Lipinski definition) is 1. The monoisotopic (exact) mass is 245 g/mol. The zero-order valence-corrected chi connectivity index (χ0v) is 11.8. The summed E-state index contributed by atoms with van der Waals surface area (Å²) in [5.74, 6) is 0. The van der Waals surface area contributed by atoms with Crippen molar-refractivity contribution in [1.29, 1.82) is 0 Å². The highest BCUT2D eigenvalue weighted by Gasteiger charge is 2.12. The first-order valence-corrected chi connectivity index (χ1v) is 6.19. The zero-order chi connectivity index (χ0) is 13.9. The van der Waals surface area contributed by atoms with Gasteiger partial charge in [-0.1, -0.05) is 25.3 Å².